The van der Waals surface area contributed by atoms with E-state index in [4.69, 9.17) is 11.6 Å². The quantitative estimate of drug-likeness (QED) is 0.866. The highest BCUT2D eigenvalue weighted by Gasteiger charge is 2.14. The Morgan fingerprint density at radius 3 is 2.79 bits per heavy atom. The Hall–Kier alpha value is -1.27. The van der Waals surface area contributed by atoms with Crippen LogP contribution in [0.2, 0.25) is 5.15 Å². The van der Waals surface area contributed by atoms with Crippen LogP contribution in [0.25, 0.3) is 0 Å². The maximum Gasteiger partial charge on any atom is 0.157 e. The van der Waals surface area contributed by atoms with Gasteiger partial charge >= 0.3 is 0 Å². The van der Waals surface area contributed by atoms with E-state index in [1.165, 1.54) is 12.0 Å². The average Bonchev–Trinajstić information content (AvgIpc) is 2.67. The standard InChI is InChI=1S/C12H15BrClN5/c1-15-10-11(14)16-7-17-12(10)19(3)6-9-4-8(13)5-18(9)2/h4-5,7,15H,6H2,1-3H3. The fourth-order valence-corrected chi connectivity index (χ4v) is 2.70. The van der Waals surface area contributed by atoms with Gasteiger partial charge in [0.1, 0.15) is 12.0 Å². The predicted molar refractivity (Wildman–Crippen MR) is 81.8 cm³/mol. The summed E-state index contributed by atoms with van der Waals surface area (Å²) < 4.78 is 3.13. The summed E-state index contributed by atoms with van der Waals surface area (Å²) in [6.45, 7) is 0.726. The molecule has 0 saturated carbocycles. The fourth-order valence-electron chi connectivity index (χ4n) is 1.90. The Morgan fingerprint density at radius 2 is 2.21 bits per heavy atom. The van der Waals surface area contributed by atoms with Crippen molar-refractivity contribution < 1.29 is 0 Å². The lowest BCUT2D eigenvalue weighted by molar-refractivity contribution is 0.782. The number of nitrogens with zero attached hydrogens (tertiary/aromatic N) is 4. The molecule has 0 saturated heterocycles. The summed E-state index contributed by atoms with van der Waals surface area (Å²) in [5.41, 5.74) is 1.91. The zero-order valence-electron chi connectivity index (χ0n) is 11.0. The third-order valence-corrected chi connectivity index (χ3v) is 3.59. The van der Waals surface area contributed by atoms with Crippen LogP contribution < -0.4 is 10.2 Å². The van der Waals surface area contributed by atoms with Crippen molar-refractivity contribution in [3.63, 3.8) is 0 Å². The second kappa shape index (κ2) is 5.79. The van der Waals surface area contributed by atoms with E-state index in [2.05, 4.69) is 41.8 Å². The number of hydrogen-bond donors (Lipinski definition) is 1. The van der Waals surface area contributed by atoms with Crippen molar-refractivity contribution in [2.75, 3.05) is 24.3 Å². The second-order valence-corrected chi connectivity index (χ2v) is 5.50. The number of hydrogen-bond acceptors (Lipinski definition) is 4. The molecule has 0 aliphatic carbocycles. The van der Waals surface area contributed by atoms with E-state index in [-0.39, 0.29) is 0 Å². The summed E-state index contributed by atoms with van der Waals surface area (Å²) in [5.74, 6) is 0.778. The monoisotopic (exact) mass is 343 g/mol. The van der Waals surface area contributed by atoms with Crippen molar-refractivity contribution in [2.24, 2.45) is 7.05 Å². The topological polar surface area (TPSA) is 46.0 Å². The van der Waals surface area contributed by atoms with Crippen molar-refractivity contribution in [1.29, 1.82) is 0 Å². The number of nitrogens with one attached hydrogen (secondary N) is 1. The maximum absolute atomic E-state index is 6.06. The summed E-state index contributed by atoms with van der Waals surface area (Å²) in [5, 5.41) is 3.46. The van der Waals surface area contributed by atoms with E-state index in [0.717, 1.165) is 22.5 Å². The van der Waals surface area contributed by atoms with Crippen LogP contribution in [0.4, 0.5) is 11.5 Å². The smallest absolute Gasteiger partial charge is 0.157 e. The molecule has 102 valence electrons. The first kappa shape index (κ1) is 14.1. The highest BCUT2D eigenvalue weighted by Crippen LogP contribution is 2.29. The van der Waals surface area contributed by atoms with Crippen molar-refractivity contribution >= 4 is 39.0 Å². The number of aryl methyl sites for hydroxylation is 1. The van der Waals surface area contributed by atoms with Gasteiger partial charge in [-0.3, -0.25) is 0 Å². The van der Waals surface area contributed by atoms with Crippen LogP contribution in [-0.2, 0) is 13.6 Å². The van der Waals surface area contributed by atoms with E-state index in [1.54, 1.807) is 7.05 Å². The van der Waals surface area contributed by atoms with Gasteiger partial charge in [-0.2, -0.15) is 0 Å². The van der Waals surface area contributed by atoms with Crippen LogP contribution in [-0.4, -0.2) is 28.6 Å². The molecule has 0 aliphatic heterocycles. The summed E-state index contributed by atoms with van der Waals surface area (Å²) in [4.78, 5) is 10.3. The molecule has 0 aliphatic rings. The van der Waals surface area contributed by atoms with Crippen molar-refractivity contribution in [2.45, 2.75) is 6.54 Å². The molecule has 0 amide bonds. The van der Waals surface area contributed by atoms with Gasteiger partial charge in [-0.25, -0.2) is 9.97 Å². The molecule has 2 heterocycles. The molecule has 0 spiro atoms. The lowest BCUT2D eigenvalue weighted by Gasteiger charge is -2.21. The Morgan fingerprint density at radius 1 is 1.47 bits per heavy atom. The summed E-state index contributed by atoms with van der Waals surface area (Å²) in [6, 6.07) is 2.08. The van der Waals surface area contributed by atoms with E-state index in [1.807, 2.05) is 25.2 Å². The van der Waals surface area contributed by atoms with Crippen molar-refractivity contribution in [1.82, 2.24) is 14.5 Å². The normalized spacial score (nSPS) is 10.6. The van der Waals surface area contributed by atoms with E-state index in [0.29, 0.717) is 5.15 Å². The molecule has 19 heavy (non-hydrogen) atoms. The van der Waals surface area contributed by atoms with Crippen molar-refractivity contribution in [3.8, 4) is 0 Å². The van der Waals surface area contributed by atoms with Crippen molar-refractivity contribution in [3.05, 3.63) is 33.9 Å². The average molecular weight is 345 g/mol. The van der Waals surface area contributed by atoms with Gasteiger partial charge in [0.05, 0.1) is 6.54 Å². The minimum atomic E-state index is 0.424. The summed E-state index contributed by atoms with van der Waals surface area (Å²) in [6.07, 6.45) is 3.49. The van der Waals surface area contributed by atoms with Crippen LogP contribution in [0, 0.1) is 0 Å². The predicted octanol–water partition coefficient (Wildman–Crippen LogP) is 2.91. The molecule has 2 aromatic heterocycles. The van der Waals surface area contributed by atoms with Crippen LogP contribution >= 0.6 is 27.5 Å². The first-order valence-electron chi connectivity index (χ1n) is 5.73. The molecule has 0 fully saturated rings. The number of rotatable bonds is 4. The number of anilines is 2. The lowest BCUT2D eigenvalue weighted by atomic mass is 10.3. The molecule has 0 bridgehead atoms. The number of aromatic nitrogens is 3. The fraction of sp³-hybridized carbons (Fsp3) is 0.333. The molecule has 7 heteroatoms. The van der Waals surface area contributed by atoms with E-state index >= 15 is 0 Å². The van der Waals surface area contributed by atoms with Gasteiger partial charge in [0.25, 0.3) is 0 Å². The molecule has 0 aromatic carbocycles. The van der Waals surface area contributed by atoms with Gasteiger partial charge in [-0.1, -0.05) is 11.6 Å². The second-order valence-electron chi connectivity index (χ2n) is 4.23. The Bertz CT molecular complexity index is 583. The SMILES string of the molecule is CNc1c(Cl)ncnc1N(C)Cc1cc(Br)cn1C. The van der Waals surface area contributed by atoms with Crippen LogP contribution in [0.3, 0.4) is 0 Å². The highest BCUT2D eigenvalue weighted by atomic mass is 79.9. The third-order valence-electron chi connectivity index (χ3n) is 2.87. The van der Waals surface area contributed by atoms with E-state index < -0.39 is 0 Å². The van der Waals surface area contributed by atoms with Crippen LogP contribution in [0.5, 0.6) is 0 Å². The summed E-state index contributed by atoms with van der Waals surface area (Å²) >= 11 is 9.53. The van der Waals surface area contributed by atoms with E-state index in [9.17, 15) is 0 Å². The summed E-state index contributed by atoms with van der Waals surface area (Å²) in [7, 11) is 5.79. The molecular weight excluding hydrogens is 330 g/mol. The first-order chi connectivity index (χ1) is 9.02. The molecule has 0 unspecified atom stereocenters. The maximum atomic E-state index is 6.06. The Kier molecular flexibility index (Phi) is 4.31. The first-order valence-corrected chi connectivity index (χ1v) is 6.90. The Labute approximate surface area is 125 Å². The van der Waals surface area contributed by atoms with Gasteiger partial charge < -0.3 is 14.8 Å². The molecule has 2 aromatic rings. The molecular formula is C12H15BrClN5. The molecule has 5 nitrogen and oxygen atoms in total. The zero-order valence-corrected chi connectivity index (χ0v) is 13.3. The molecule has 2 rings (SSSR count). The van der Waals surface area contributed by atoms with Crippen LogP contribution in [0.15, 0.2) is 23.1 Å². The number of halogens is 2. The molecule has 0 radical (unpaired) electrons. The van der Waals surface area contributed by atoms with Gasteiger partial charge in [0.15, 0.2) is 11.0 Å². The minimum Gasteiger partial charge on any atom is -0.383 e. The molecule has 0 atom stereocenters. The minimum absolute atomic E-state index is 0.424. The third kappa shape index (κ3) is 3.01. The van der Waals surface area contributed by atoms with Crippen LogP contribution in [0.1, 0.15) is 5.69 Å². The van der Waals surface area contributed by atoms with Gasteiger partial charge in [0, 0.05) is 37.5 Å². The van der Waals surface area contributed by atoms with Gasteiger partial charge in [-0.15, -0.1) is 0 Å². The van der Waals surface area contributed by atoms with Gasteiger partial charge in [0.2, 0.25) is 0 Å². The lowest BCUT2D eigenvalue weighted by Crippen LogP contribution is -2.20. The van der Waals surface area contributed by atoms with Gasteiger partial charge in [-0.05, 0) is 22.0 Å². The molecule has 1 N–H and O–H groups in total. The Balaban J connectivity index is 2.27. The largest absolute Gasteiger partial charge is 0.383 e. The zero-order chi connectivity index (χ0) is 14.0. The highest BCUT2D eigenvalue weighted by molar-refractivity contribution is 9.10.